The van der Waals surface area contributed by atoms with Crippen molar-refractivity contribution in [1.82, 2.24) is 15.1 Å². The van der Waals surface area contributed by atoms with E-state index in [-0.39, 0.29) is 18.3 Å². The number of amidine groups is 1. The zero-order valence-corrected chi connectivity index (χ0v) is 11.1. The van der Waals surface area contributed by atoms with Gasteiger partial charge in [-0.2, -0.15) is 5.10 Å². The molecule has 0 aliphatic rings. The highest BCUT2D eigenvalue weighted by atomic mass is 16.4. The maximum absolute atomic E-state index is 11.9. The Morgan fingerprint density at radius 1 is 1.67 bits per heavy atom. The normalized spacial score (nSPS) is 12.6. The molecule has 0 fully saturated rings. The Labute approximate surface area is 106 Å². The molecule has 7 nitrogen and oxygen atoms in total. The smallest absolute Gasteiger partial charge is 0.269 e. The fraction of sp³-hybridized carbons (Fsp3) is 0.545. The number of rotatable bonds is 4. The van der Waals surface area contributed by atoms with E-state index < -0.39 is 5.41 Å². The highest BCUT2D eigenvalue weighted by Gasteiger charge is 2.25. The summed E-state index contributed by atoms with van der Waals surface area (Å²) in [5.74, 6) is -0.166. The minimum Gasteiger partial charge on any atom is -0.409 e. The summed E-state index contributed by atoms with van der Waals surface area (Å²) in [4.78, 5) is 11.9. The van der Waals surface area contributed by atoms with Crippen LogP contribution >= 0.6 is 0 Å². The van der Waals surface area contributed by atoms with Crippen molar-refractivity contribution in [1.29, 1.82) is 0 Å². The van der Waals surface area contributed by atoms with Crippen LogP contribution in [0.25, 0.3) is 0 Å². The van der Waals surface area contributed by atoms with Gasteiger partial charge in [0.15, 0.2) is 0 Å². The van der Waals surface area contributed by atoms with E-state index in [1.807, 2.05) is 6.92 Å². The van der Waals surface area contributed by atoms with E-state index in [0.717, 1.165) is 5.69 Å². The van der Waals surface area contributed by atoms with Crippen LogP contribution in [0.5, 0.6) is 0 Å². The fourth-order valence-corrected chi connectivity index (χ4v) is 1.44. The molecule has 18 heavy (non-hydrogen) atoms. The van der Waals surface area contributed by atoms with Crippen LogP contribution in [0.3, 0.4) is 0 Å². The molecule has 1 amide bonds. The SMILES string of the molecule is Cc1cc(C(=O)NCC(C)(C)/C(N)=N/O)n(C)n1. The van der Waals surface area contributed by atoms with Crippen LogP contribution in [0.1, 0.15) is 30.0 Å². The predicted octanol–water partition coefficient (Wildman–Crippen LogP) is 0.231. The zero-order chi connectivity index (χ0) is 13.9. The van der Waals surface area contributed by atoms with Gasteiger partial charge in [0.25, 0.3) is 5.91 Å². The highest BCUT2D eigenvalue weighted by molar-refractivity contribution is 5.93. The van der Waals surface area contributed by atoms with Crippen LogP contribution in [0.4, 0.5) is 0 Å². The lowest BCUT2D eigenvalue weighted by Crippen LogP contribution is -2.42. The van der Waals surface area contributed by atoms with Crippen LogP contribution in [0.2, 0.25) is 0 Å². The Hall–Kier alpha value is -2.05. The van der Waals surface area contributed by atoms with E-state index in [0.29, 0.717) is 5.69 Å². The minimum atomic E-state index is -0.613. The van der Waals surface area contributed by atoms with Gasteiger partial charge in [-0.1, -0.05) is 19.0 Å². The zero-order valence-electron chi connectivity index (χ0n) is 11.1. The number of amides is 1. The van der Waals surface area contributed by atoms with Gasteiger partial charge in [-0.25, -0.2) is 0 Å². The number of nitrogens with one attached hydrogen (secondary N) is 1. The van der Waals surface area contributed by atoms with E-state index in [4.69, 9.17) is 10.9 Å². The third kappa shape index (κ3) is 2.99. The molecule has 1 aromatic rings. The third-order valence-corrected chi connectivity index (χ3v) is 2.73. The van der Waals surface area contributed by atoms with Crippen LogP contribution < -0.4 is 11.1 Å². The Morgan fingerprint density at radius 3 is 2.72 bits per heavy atom. The number of carbonyl (C=O) groups is 1. The van der Waals surface area contributed by atoms with Gasteiger partial charge in [-0.15, -0.1) is 0 Å². The fourth-order valence-electron chi connectivity index (χ4n) is 1.44. The molecule has 4 N–H and O–H groups in total. The second-order valence-corrected chi connectivity index (χ2v) is 4.85. The van der Waals surface area contributed by atoms with Crippen LogP contribution in [-0.4, -0.2) is 33.3 Å². The molecule has 0 saturated heterocycles. The number of aromatic nitrogens is 2. The van der Waals surface area contributed by atoms with Crippen molar-refractivity contribution < 1.29 is 10.0 Å². The van der Waals surface area contributed by atoms with Crippen LogP contribution in [0, 0.1) is 12.3 Å². The molecule has 0 radical (unpaired) electrons. The molecule has 0 unspecified atom stereocenters. The first-order valence-corrected chi connectivity index (χ1v) is 5.55. The summed E-state index contributed by atoms with van der Waals surface area (Å²) >= 11 is 0. The van der Waals surface area contributed by atoms with E-state index in [1.165, 1.54) is 4.68 Å². The molecule has 100 valence electrons. The van der Waals surface area contributed by atoms with Crippen molar-refractivity contribution in [3.63, 3.8) is 0 Å². The van der Waals surface area contributed by atoms with Crippen molar-refractivity contribution >= 4 is 11.7 Å². The summed E-state index contributed by atoms with van der Waals surface area (Å²) in [6.45, 7) is 5.64. The molecule has 0 aromatic carbocycles. The number of carbonyl (C=O) groups excluding carboxylic acids is 1. The Bertz CT molecular complexity index is 476. The molecule has 1 rings (SSSR count). The average Bonchev–Trinajstić information content (AvgIpc) is 2.64. The molecule has 7 heteroatoms. The van der Waals surface area contributed by atoms with Crippen LogP contribution in [-0.2, 0) is 7.05 Å². The van der Waals surface area contributed by atoms with Crippen molar-refractivity contribution in [2.24, 2.45) is 23.4 Å². The summed E-state index contributed by atoms with van der Waals surface area (Å²) in [6.07, 6.45) is 0. The van der Waals surface area contributed by atoms with Gasteiger partial charge in [-0.3, -0.25) is 9.48 Å². The van der Waals surface area contributed by atoms with Crippen molar-refractivity contribution in [2.45, 2.75) is 20.8 Å². The third-order valence-electron chi connectivity index (χ3n) is 2.73. The van der Waals surface area contributed by atoms with E-state index in [2.05, 4.69) is 15.6 Å². The van der Waals surface area contributed by atoms with Gasteiger partial charge in [0.1, 0.15) is 11.5 Å². The predicted molar refractivity (Wildman–Crippen MR) is 67.5 cm³/mol. The maximum atomic E-state index is 11.9. The topological polar surface area (TPSA) is 106 Å². The van der Waals surface area contributed by atoms with Crippen molar-refractivity contribution in [3.8, 4) is 0 Å². The lowest BCUT2D eigenvalue weighted by Gasteiger charge is -2.22. The molecular formula is C11H19N5O2. The largest absolute Gasteiger partial charge is 0.409 e. The molecule has 0 aliphatic carbocycles. The standard InChI is InChI=1S/C11H19N5O2/c1-7-5-8(16(4)14-7)9(17)13-6-11(2,3)10(12)15-18/h5,18H,6H2,1-4H3,(H2,12,15)(H,13,17). The molecule has 0 saturated carbocycles. The minimum absolute atomic E-state index is 0.0731. The highest BCUT2D eigenvalue weighted by Crippen LogP contribution is 2.13. The number of hydrogen-bond acceptors (Lipinski definition) is 4. The van der Waals surface area contributed by atoms with E-state index in [1.54, 1.807) is 27.0 Å². The number of aryl methyl sites for hydroxylation is 2. The van der Waals surface area contributed by atoms with Gasteiger partial charge < -0.3 is 16.3 Å². The van der Waals surface area contributed by atoms with Crippen molar-refractivity contribution in [3.05, 3.63) is 17.5 Å². The number of nitrogens with two attached hydrogens (primary N) is 1. The Morgan fingerprint density at radius 2 is 2.28 bits per heavy atom. The monoisotopic (exact) mass is 253 g/mol. The first kappa shape index (κ1) is 14.0. The molecule has 1 heterocycles. The molecule has 1 aromatic heterocycles. The number of oxime groups is 1. The lowest BCUT2D eigenvalue weighted by atomic mass is 9.92. The first-order chi connectivity index (χ1) is 8.27. The summed E-state index contributed by atoms with van der Waals surface area (Å²) in [5, 5.41) is 18.4. The van der Waals surface area contributed by atoms with E-state index >= 15 is 0 Å². The average molecular weight is 253 g/mol. The van der Waals surface area contributed by atoms with Gasteiger partial charge >= 0.3 is 0 Å². The van der Waals surface area contributed by atoms with Gasteiger partial charge in [0, 0.05) is 19.0 Å². The van der Waals surface area contributed by atoms with Crippen LogP contribution in [0.15, 0.2) is 11.2 Å². The Balaban J connectivity index is 2.70. The molecule has 0 spiro atoms. The lowest BCUT2D eigenvalue weighted by molar-refractivity contribution is 0.0935. The van der Waals surface area contributed by atoms with Gasteiger partial charge in [-0.05, 0) is 13.0 Å². The van der Waals surface area contributed by atoms with Gasteiger partial charge in [0.2, 0.25) is 0 Å². The van der Waals surface area contributed by atoms with Gasteiger partial charge in [0.05, 0.1) is 5.69 Å². The summed E-state index contributed by atoms with van der Waals surface area (Å²) in [7, 11) is 1.70. The summed E-state index contributed by atoms with van der Waals surface area (Å²) < 4.78 is 1.52. The summed E-state index contributed by atoms with van der Waals surface area (Å²) in [5.41, 5.74) is 6.18. The number of hydrogen-bond donors (Lipinski definition) is 3. The van der Waals surface area contributed by atoms with E-state index in [9.17, 15) is 4.79 Å². The quantitative estimate of drug-likeness (QED) is 0.309. The molecule has 0 aliphatic heterocycles. The maximum Gasteiger partial charge on any atom is 0.269 e. The second-order valence-electron chi connectivity index (χ2n) is 4.85. The summed E-state index contributed by atoms with van der Waals surface area (Å²) in [6, 6.07) is 1.70. The molecule has 0 atom stereocenters. The Kier molecular flexibility index (Phi) is 3.95. The molecular weight excluding hydrogens is 234 g/mol. The number of nitrogens with zero attached hydrogens (tertiary/aromatic N) is 3. The molecule has 0 bridgehead atoms. The second kappa shape index (κ2) is 5.07. The first-order valence-electron chi connectivity index (χ1n) is 5.55. The van der Waals surface area contributed by atoms with Crippen molar-refractivity contribution in [2.75, 3.05) is 6.54 Å².